The van der Waals surface area contributed by atoms with Crippen LogP contribution < -0.4 is 11.1 Å². The Kier molecular flexibility index (Phi) is 3.02. The van der Waals surface area contributed by atoms with Crippen molar-refractivity contribution in [2.24, 2.45) is 5.73 Å². The van der Waals surface area contributed by atoms with E-state index in [1.54, 1.807) is 0 Å². The van der Waals surface area contributed by atoms with Crippen molar-refractivity contribution in [3.05, 3.63) is 70.9 Å². The van der Waals surface area contributed by atoms with Gasteiger partial charge in [-0.25, -0.2) is 0 Å². The number of nitrogens with two attached hydrogens (primary N) is 1. The van der Waals surface area contributed by atoms with Gasteiger partial charge < -0.3 is 16.0 Å². The highest BCUT2D eigenvalue weighted by atomic mass is 15.0. The molecule has 0 saturated heterocycles. The Balaban J connectivity index is 1.86. The van der Waals surface area contributed by atoms with Crippen LogP contribution in [-0.2, 0) is 13.0 Å². The molecule has 0 radical (unpaired) electrons. The maximum absolute atomic E-state index is 5.78. The van der Waals surface area contributed by atoms with E-state index < -0.39 is 0 Å². The highest BCUT2D eigenvalue weighted by Crippen LogP contribution is 2.33. The van der Waals surface area contributed by atoms with Gasteiger partial charge in [0.25, 0.3) is 0 Å². The Bertz CT molecular complexity index is 788. The highest BCUT2D eigenvalue weighted by molar-refractivity contribution is 5.85. The highest BCUT2D eigenvalue weighted by Gasteiger charge is 2.24. The van der Waals surface area contributed by atoms with Crippen LogP contribution in [0.15, 0.2) is 48.5 Å². The smallest absolute Gasteiger partial charge is 0.0732 e. The van der Waals surface area contributed by atoms with Gasteiger partial charge >= 0.3 is 0 Å². The minimum Gasteiger partial charge on any atom is -0.357 e. The van der Waals surface area contributed by atoms with E-state index in [1.807, 2.05) is 0 Å². The summed E-state index contributed by atoms with van der Waals surface area (Å²) < 4.78 is 0. The monoisotopic (exact) mass is 277 g/mol. The summed E-state index contributed by atoms with van der Waals surface area (Å²) in [5, 5.41) is 4.99. The molecule has 4 N–H and O–H groups in total. The number of fused-ring (bicyclic) bond motifs is 3. The number of aromatic nitrogens is 1. The van der Waals surface area contributed by atoms with E-state index in [2.05, 4.69) is 58.8 Å². The molecule has 1 aromatic heterocycles. The summed E-state index contributed by atoms with van der Waals surface area (Å²) in [7, 11) is 0. The molecule has 3 aromatic rings. The molecule has 0 amide bonds. The first-order valence-corrected chi connectivity index (χ1v) is 7.48. The lowest BCUT2D eigenvalue weighted by Crippen LogP contribution is -2.30. The normalized spacial score (nSPS) is 17.9. The lowest BCUT2D eigenvalue weighted by Gasteiger charge is -2.25. The molecule has 0 aliphatic carbocycles. The second-order valence-corrected chi connectivity index (χ2v) is 5.65. The van der Waals surface area contributed by atoms with Crippen molar-refractivity contribution in [1.82, 2.24) is 10.3 Å². The summed E-state index contributed by atoms with van der Waals surface area (Å²) in [5.41, 5.74) is 12.2. The average molecular weight is 277 g/mol. The van der Waals surface area contributed by atoms with Crippen molar-refractivity contribution >= 4 is 10.9 Å². The predicted octanol–water partition coefficient (Wildman–Crippen LogP) is 2.86. The molecule has 21 heavy (non-hydrogen) atoms. The maximum Gasteiger partial charge on any atom is 0.0732 e. The largest absolute Gasteiger partial charge is 0.357 e. The molecule has 1 aliphatic rings. The molecule has 1 aliphatic heterocycles. The topological polar surface area (TPSA) is 53.8 Å². The van der Waals surface area contributed by atoms with Gasteiger partial charge in [-0.05, 0) is 29.2 Å². The lowest BCUT2D eigenvalue weighted by atomic mass is 9.93. The molecule has 0 saturated carbocycles. The predicted molar refractivity (Wildman–Crippen MR) is 86.2 cm³/mol. The SMILES string of the molecule is NCc1cccc(C2NCCc3c2[nH]c2ccccc32)c1. The number of benzene rings is 2. The van der Waals surface area contributed by atoms with Crippen LogP contribution in [0.3, 0.4) is 0 Å². The second-order valence-electron chi connectivity index (χ2n) is 5.65. The van der Waals surface area contributed by atoms with Crippen molar-refractivity contribution in [2.45, 2.75) is 19.0 Å². The molecular formula is C18H19N3. The molecule has 1 atom stereocenters. The van der Waals surface area contributed by atoms with Gasteiger partial charge in [0.05, 0.1) is 6.04 Å². The van der Waals surface area contributed by atoms with E-state index in [1.165, 1.54) is 33.3 Å². The first-order valence-electron chi connectivity index (χ1n) is 7.48. The number of hydrogen-bond acceptors (Lipinski definition) is 2. The quantitative estimate of drug-likeness (QED) is 0.674. The number of hydrogen-bond donors (Lipinski definition) is 3. The third-order valence-corrected chi connectivity index (χ3v) is 4.38. The van der Waals surface area contributed by atoms with E-state index in [-0.39, 0.29) is 6.04 Å². The van der Waals surface area contributed by atoms with Crippen LogP contribution in [0.4, 0.5) is 0 Å². The van der Waals surface area contributed by atoms with Crippen LogP contribution in [0.2, 0.25) is 0 Å². The fourth-order valence-corrected chi connectivity index (χ4v) is 3.36. The molecule has 4 rings (SSSR count). The van der Waals surface area contributed by atoms with Gasteiger partial charge in [0.2, 0.25) is 0 Å². The van der Waals surface area contributed by atoms with Crippen molar-refractivity contribution in [3.8, 4) is 0 Å². The Labute approximate surface area is 124 Å². The van der Waals surface area contributed by atoms with E-state index >= 15 is 0 Å². The number of aromatic amines is 1. The molecule has 0 bridgehead atoms. The summed E-state index contributed by atoms with van der Waals surface area (Å²) in [4.78, 5) is 3.61. The summed E-state index contributed by atoms with van der Waals surface area (Å²) >= 11 is 0. The van der Waals surface area contributed by atoms with Crippen molar-refractivity contribution in [3.63, 3.8) is 0 Å². The summed E-state index contributed by atoms with van der Waals surface area (Å²) in [5.74, 6) is 0. The van der Waals surface area contributed by atoms with Gasteiger partial charge in [-0.2, -0.15) is 0 Å². The fraction of sp³-hybridized carbons (Fsp3) is 0.222. The van der Waals surface area contributed by atoms with Gasteiger partial charge in [0.1, 0.15) is 0 Å². The fourth-order valence-electron chi connectivity index (χ4n) is 3.36. The molecule has 2 aromatic carbocycles. The molecule has 0 fully saturated rings. The number of H-pyrrole nitrogens is 1. The van der Waals surface area contributed by atoms with Crippen molar-refractivity contribution < 1.29 is 0 Å². The average Bonchev–Trinajstić information content (AvgIpc) is 2.93. The van der Waals surface area contributed by atoms with E-state index in [4.69, 9.17) is 5.73 Å². The molecule has 106 valence electrons. The van der Waals surface area contributed by atoms with E-state index in [9.17, 15) is 0 Å². The Morgan fingerprint density at radius 3 is 2.90 bits per heavy atom. The minimum atomic E-state index is 0.229. The minimum absolute atomic E-state index is 0.229. The summed E-state index contributed by atoms with van der Waals surface area (Å²) in [6.07, 6.45) is 1.08. The number of nitrogens with one attached hydrogen (secondary N) is 2. The van der Waals surface area contributed by atoms with E-state index in [0.717, 1.165) is 13.0 Å². The first kappa shape index (κ1) is 12.6. The summed E-state index contributed by atoms with van der Waals surface area (Å²) in [6, 6.07) is 17.4. The van der Waals surface area contributed by atoms with Gasteiger partial charge in [-0.15, -0.1) is 0 Å². The maximum atomic E-state index is 5.78. The van der Waals surface area contributed by atoms with Crippen LogP contribution in [0.1, 0.15) is 28.4 Å². The Hall–Kier alpha value is -2.10. The lowest BCUT2D eigenvalue weighted by molar-refractivity contribution is 0.560. The molecular weight excluding hydrogens is 258 g/mol. The Morgan fingerprint density at radius 1 is 1.10 bits per heavy atom. The van der Waals surface area contributed by atoms with Crippen LogP contribution in [0, 0.1) is 0 Å². The van der Waals surface area contributed by atoms with Crippen LogP contribution in [0.5, 0.6) is 0 Å². The van der Waals surface area contributed by atoms with Gasteiger partial charge in [-0.3, -0.25) is 0 Å². The van der Waals surface area contributed by atoms with Gasteiger partial charge in [0.15, 0.2) is 0 Å². The molecule has 1 unspecified atom stereocenters. The third-order valence-electron chi connectivity index (χ3n) is 4.38. The number of para-hydroxylation sites is 1. The molecule has 0 spiro atoms. The second kappa shape index (κ2) is 5.02. The zero-order valence-corrected chi connectivity index (χ0v) is 11.9. The molecule has 3 nitrogen and oxygen atoms in total. The molecule has 3 heteroatoms. The molecule has 2 heterocycles. The van der Waals surface area contributed by atoms with Crippen molar-refractivity contribution in [1.29, 1.82) is 0 Å². The Morgan fingerprint density at radius 2 is 2.00 bits per heavy atom. The van der Waals surface area contributed by atoms with E-state index in [0.29, 0.717) is 6.54 Å². The van der Waals surface area contributed by atoms with Crippen molar-refractivity contribution in [2.75, 3.05) is 6.54 Å². The standard InChI is InChI=1S/C18H19N3/c19-11-12-4-3-5-13(10-12)17-18-15(8-9-20-17)14-6-1-2-7-16(14)21-18/h1-7,10,17,20-21H,8-9,11,19H2. The first-order chi connectivity index (χ1) is 10.4. The zero-order chi connectivity index (χ0) is 14.2. The third kappa shape index (κ3) is 2.06. The summed E-state index contributed by atoms with van der Waals surface area (Å²) in [6.45, 7) is 1.59. The van der Waals surface area contributed by atoms with Crippen LogP contribution in [0.25, 0.3) is 10.9 Å². The zero-order valence-electron chi connectivity index (χ0n) is 11.9. The van der Waals surface area contributed by atoms with Gasteiger partial charge in [-0.1, -0.05) is 42.5 Å². The van der Waals surface area contributed by atoms with Crippen LogP contribution >= 0.6 is 0 Å². The van der Waals surface area contributed by atoms with Gasteiger partial charge in [0, 0.05) is 29.7 Å². The number of rotatable bonds is 2. The van der Waals surface area contributed by atoms with Crippen LogP contribution in [-0.4, -0.2) is 11.5 Å².